The van der Waals surface area contributed by atoms with E-state index in [-0.39, 0.29) is 40.7 Å². The number of Topliss-reactive ketones (excluding diaryl/α,β-unsaturated/α-hetero) is 2. The number of aromatic nitrogens is 1. The largest absolute Gasteiger partial charge is 0.308 e. The van der Waals surface area contributed by atoms with E-state index in [1.807, 2.05) is 0 Å². The van der Waals surface area contributed by atoms with Crippen LogP contribution in [0.15, 0.2) is 164 Å². The van der Waals surface area contributed by atoms with Gasteiger partial charge in [-0.25, -0.2) is 0 Å². The number of nitrogens with zero attached hydrogens (tertiary/aromatic N) is 1. The summed E-state index contributed by atoms with van der Waals surface area (Å²) in [5.41, 5.74) is 21.2. The molecule has 0 amide bonds. The van der Waals surface area contributed by atoms with Gasteiger partial charge in [0.25, 0.3) is 0 Å². The fraction of sp³-hybridized carbons (Fsp3) is 0.115. The molecule has 298 valence electrons. The highest BCUT2D eigenvalue weighted by molar-refractivity contribution is 6.28. The van der Waals surface area contributed by atoms with Crippen molar-refractivity contribution >= 4 is 60.4 Å². The molecule has 0 aliphatic heterocycles. The van der Waals surface area contributed by atoms with Crippen molar-refractivity contribution in [2.24, 2.45) is 0 Å². The molecule has 0 saturated heterocycles. The second-order valence-electron chi connectivity index (χ2n) is 19.7. The fourth-order valence-corrected chi connectivity index (χ4v) is 14.0. The first-order chi connectivity index (χ1) is 31.4. The Morgan fingerprint density at radius 1 is 0.391 bits per heavy atom. The van der Waals surface area contributed by atoms with Crippen LogP contribution in [0.2, 0.25) is 0 Å². The van der Waals surface area contributed by atoms with Crippen LogP contribution < -0.4 is 0 Å². The van der Waals surface area contributed by atoms with Crippen LogP contribution in [0.3, 0.4) is 0 Å². The molecule has 0 fully saturated rings. The summed E-state index contributed by atoms with van der Waals surface area (Å²) in [6.07, 6.45) is 0. The molecule has 64 heavy (non-hydrogen) atoms. The van der Waals surface area contributed by atoms with Gasteiger partial charge < -0.3 is 4.40 Å². The number of hydrogen-bond donors (Lipinski definition) is 0. The number of carbonyl (C=O) groups is 2. The molecule has 0 saturated carbocycles. The highest BCUT2D eigenvalue weighted by atomic mass is 16.1. The van der Waals surface area contributed by atoms with Crippen molar-refractivity contribution < 1.29 is 9.59 Å². The van der Waals surface area contributed by atoms with E-state index >= 15 is 9.59 Å². The summed E-state index contributed by atoms with van der Waals surface area (Å²) in [5, 5.41) is 7.22. The van der Waals surface area contributed by atoms with E-state index in [1.54, 1.807) is 0 Å². The maximum absolute atomic E-state index is 15.4. The number of carbonyl (C=O) groups excluding carboxylic acids is 2. The first kappa shape index (κ1) is 33.9. The predicted octanol–water partition coefficient (Wildman–Crippen LogP) is 13.9. The third kappa shape index (κ3) is 3.75. The lowest BCUT2D eigenvalue weighted by Gasteiger charge is -2.30. The highest BCUT2D eigenvalue weighted by Crippen LogP contribution is 2.59. The summed E-state index contributed by atoms with van der Waals surface area (Å²) in [5.74, 6) is -0.551. The molecule has 11 aromatic rings. The molecule has 18 rings (SSSR count). The minimum atomic E-state index is -0.368. The zero-order valence-electron chi connectivity index (χ0n) is 35.2. The third-order valence-corrected chi connectivity index (χ3v) is 16.5. The fourth-order valence-electron chi connectivity index (χ4n) is 14.0. The van der Waals surface area contributed by atoms with Crippen molar-refractivity contribution in [1.82, 2.24) is 4.40 Å². The topological polar surface area (TPSA) is 38.5 Å². The lowest BCUT2D eigenvalue weighted by atomic mass is 9.72. The van der Waals surface area contributed by atoms with Gasteiger partial charge in [0, 0.05) is 49.9 Å². The quantitative estimate of drug-likeness (QED) is 0.153. The van der Waals surface area contributed by atoms with Gasteiger partial charge in [-0.3, -0.25) is 9.59 Å². The van der Waals surface area contributed by atoms with Gasteiger partial charge in [-0.1, -0.05) is 135 Å². The number of benzene rings is 9. The Kier molecular flexibility index (Phi) is 5.89. The number of hydrogen-bond acceptors (Lipinski definition) is 2. The number of ketones is 2. The first-order valence-corrected chi connectivity index (χ1v) is 22.7. The van der Waals surface area contributed by atoms with E-state index in [9.17, 15) is 0 Å². The summed E-state index contributed by atoms with van der Waals surface area (Å²) in [6, 6.07) is 59.7. The molecule has 0 unspecified atom stereocenters. The minimum absolute atomic E-state index is 0.0600. The van der Waals surface area contributed by atoms with E-state index in [1.165, 1.54) is 71.6 Å². The molecular weight excluding hydrogens is 779 g/mol. The molecular formula is C61H37NO2. The van der Waals surface area contributed by atoms with Crippen molar-refractivity contribution in [3.8, 4) is 11.1 Å². The van der Waals surface area contributed by atoms with E-state index in [4.69, 9.17) is 0 Å². The summed E-state index contributed by atoms with van der Waals surface area (Å²) in [7, 11) is 0. The van der Waals surface area contributed by atoms with Crippen molar-refractivity contribution in [2.75, 3.05) is 0 Å². The summed E-state index contributed by atoms with van der Waals surface area (Å²) >= 11 is 0. The monoisotopic (exact) mass is 815 g/mol. The smallest absolute Gasteiger partial charge is 0.175 e. The lowest BCUT2D eigenvalue weighted by molar-refractivity contribution is 0.0966. The summed E-state index contributed by atoms with van der Waals surface area (Å²) in [6.45, 7) is 4.79. The Morgan fingerprint density at radius 2 is 0.812 bits per heavy atom. The normalized spacial score (nSPS) is 20.2. The minimum Gasteiger partial charge on any atom is -0.308 e. The third-order valence-electron chi connectivity index (χ3n) is 16.5. The molecule has 0 N–H and O–H groups in total. The second-order valence-corrected chi connectivity index (χ2v) is 19.7. The Hall–Kier alpha value is -7.62. The molecule has 0 atom stereocenters. The van der Waals surface area contributed by atoms with Gasteiger partial charge in [0.2, 0.25) is 0 Å². The molecule has 9 aromatic carbocycles. The average molecular weight is 816 g/mol. The van der Waals surface area contributed by atoms with Crippen molar-refractivity contribution in [3.05, 3.63) is 242 Å². The average Bonchev–Trinajstić information content (AvgIpc) is 3.78. The van der Waals surface area contributed by atoms with Gasteiger partial charge in [-0.05, 0) is 131 Å². The van der Waals surface area contributed by atoms with Gasteiger partial charge in [0.1, 0.15) is 0 Å². The zero-order chi connectivity index (χ0) is 42.1. The maximum Gasteiger partial charge on any atom is 0.175 e. The summed E-state index contributed by atoms with van der Waals surface area (Å²) in [4.78, 5) is 30.7. The van der Waals surface area contributed by atoms with Crippen LogP contribution in [-0.2, 0) is 5.41 Å². The molecule has 0 spiro atoms. The maximum atomic E-state index is 15.4. The van der Waals surface area contributed by atoms with Gasteiger partial charge in [-0.2, -0.15) is 0 Å². The molecule has 2 heterocycles. The molecule has 3 nitrogen and oxygen atoms in total. The van der Waals surface area contributed by atoms with Crippen LogP contribution in [0, 0.1) is 0 Å². The van der Waals surface area contributed by atoms with E-state index in [0.29, 0.717) is 0 Å². The Labute approximate surface area is 368 Å². The van der Waals surface area contributed by atoms with Crippen LogP contribution in [0.25, 0.3) is 60.0 Å². The standard InChI is InChI=1S/C61H37NO2/c1-61(2)49-24-31-14-4-3-13-30(31)23-40(49)44-27-45-41-25-42-46(59(63)54-36-19-9-5-15-32(36)52(42)33-16-6-10-20-37(33)54)28-50(41)62-51-29-47-43(26-48(51)56(57(44)61)58(45)62)53-34-17-7-11-21-38(34)55(60(47)64)39-22-12-8-18-35(39)53/h3-29,52-55H,1-2H3. The van der Waals surface area contributed by atoms with Crippen LogP contribution in [0.1, 0.15) is 125 Å². The van der Waals surface area contributed by atoms with Crippen molar-refractivity contribution in [1.29, 1.82) is 0 Å². The molecule has 7 aliphatic rings. The van der Waals surface area contributed by atoms with Crippen LogP contribution >= 0.6 is 0 Å². The number of fused-ring (bicyclic) bond motifs is 11. The van der Waals surface area contributed by atoms with Gasteiger partial charge >= 0.3 is 0 Å². The van der Waals surface area contributed by atoms with E-state index in [2.05, 4.69) is 182 Å². The van der Waals surface area contributed by atoms with Gasteiger partial charge in [0.15, 0.2) is 11.6 Å². The Bertz CT molecular complexity index is 3970. The van der Waals surface area contributed by atoms with Gasteiger partial charge in [0.05, 0.1) is 28.4 Å². The first-order valence-electron chi connectivity index (χ1n) is 22.7. The van der Waals surface area contributed by atoms with Crippen molar-refractivity contribution in [2.45, 2.75) is 42.9 Å². The predicted molar refractivity (Wildman–Crippen MR) is 256 cm³/mol. The van der Waals surface area contributed by atoms with Crippen LogP contribution in [0.5, 0.6) is 0 Å². The van der Waals surface area contributed by atoms with Crippen molar-refractivity contribution in [3.63, 3.8) is 0 Å². The SMILES string of the molecule is CC1(C)c2cc3ccccc3cc2-c2cc3c4cc5c(cc4n4c6cc7c(cc6c(c21)c34)C1c2ccccc2C(C7=O)c2ccccc21)C(=O)C1c2ccccc2C5c2ccccc21. The summed E-state index contributed by atoms with van der Waals surface area (Å²) < 4.78 is 2.44. The lowest BCUT2D eigenvalue weighted by Crippen LogP contribution is -2.19. The molecule has 0 radical (unpaired) electrons. The number of rotatable bonds is 0. The second kappa shape index (κ2) is 11.1. The zero-order valence-corrected chi connectivity index (χ0v) is 35.2. The molecule has 4 bridgehead atoms. The van der Waals surface area contributed by atoms with Crippen LogP contribution in [-0.4, -0.2) is 16.0 Å². The molecule has 7 aliphatic carbocycles. The highest BCUT2D eigenvalue weighted by Gasteiger charge is 2.46. The Morgan fingerprint density at radius 3 is 1.31 bits per heavy atom. The van der Waals surface area contributed by atoms with Crippen LogP contribution in [0.4, 0.5) is 0 Å². The van der Waals surface area contributed by atoms with Gasteiger partial charge in [-0.15, -0.1) is 0 Å². The Balaban J connectivity index is 1.08. The van der Waals surface area contributed by atoms with E-state index in [0.717, 1.165) is 66.3 Å². The molecule has 2 aromatic heterocycles. The van der Waals surface area contributed by atoms with E-state index < -0.39 is 0 Å². The molecule has 3 heteroatoms.